The number of ether oxygens (including phenoxy) is 2. The van der Waals surface area contributed by atoms with Crippen molar-refractivity contribution in [2.24, 2.45) is 0 Å². The number of hydrogen-bond donors (Lipinski definition) is 0. The molecular formula is C35H52BN5O5. The van der Waals surface area contributed by atoms with Crippen molar-refractivity contribution in [2.75, 3.05) is 19.7 Å². The standard InChI is InChI=1S/C35H52BN5O5/c1-24-21-29-27(22-37-41(29)30-15-9-10-20-43-30)31(36-45-34(5,6)35(7,8)46-36)26(24)14-12-18-40-19-16-28(38-40)25-13-11-17-39(23-25)32(42)44-33(2,3)4/h16,19,21-22,25,30H,9-15,17-18,20,23H2,1-8H3. The molecule has 0 radical (unpaired) electrons. The van der Waals surface area contributed by atoms with E-state index >= 15 is 0 Å². The van der Waals surface area contributed by atoms with Crippen molar-refractivity contribution >= 4 is 29.6 Å². The molecule has 0 spiro atoms. The lowest BCUT2D eigenvalue weighted by atomic mass is 9.72. The highest BCUT2D eigenvalue weighted by atomic mass is 16.7. The molecule has 1 amide bonds. The van der Waals surface area contributed by atoms with Gasteiger partial charge in [0.2, 0.25) is 0 Å². The summed E-state index contributed by atoms with van der Waals surface area (Å²) >= 11 is 0. The van der Waals surface area contributed by atoms with Crippen LogP contribution in [-0.2, 0) is 31.7 Å². The summed E-state index contributed by atoms with van der Waals surface area (Å²) in [5, 5.41) is 10.9. The van der Waals surface area contributed by atoms with Crippen molar-refractivity contribution in [1.29, 1.82) is 0 Å². The van der Waals surface area contributed by atoms with E-state index < -0.39 is 23.9 Å². The first-order valence-corrected chi connectivity index (χ1v) is 17.2. The molecule has 0 saturated carbocycles. The van der Waals surface area contributed by atoms with Crippen LogP contribution in [0.5, 0.6) is 0 Å². The molecule has 2 aromatic heterocycles. The lowest BCUT2D eigenvalue weighted by Crippen LogP contribution is -2.42. The first-order chi connectivity index (χ1) is 21.7. The van der Waals surface area contributed by atoms with Crippen LogP contribution >= 0.6 is 0 Å². The third-order valence-corrected chi connectivity index (χ3v) is 10.2. The molecule has 10 nitrogen and oxygen atoms in total. The Bertz CT molecular complexity index is 1530. The molecule has 1 aromatic carbocycles. The molecule has 3 aliphatic heterocycles. The first kappa shape index (κ1) is 33.0. The Kier molecular flexibility index (Phi) is 9.06. The number of aryl methyl sites for hydroxylation is 2. The lowest BCUT2D eigenvalue weighted by Gasteiger charge is -2.33. The van der Waals surface area contributed by atoms with E-state index in [1.165, 1.54) is 11.1 Å². The van der Waals surface area contributed by atoms with Crippen molar-refractivity contribution in [3.05, 3.63) is 41.3 Å². The molecule has 2 atom stereocenters. The number of carbonyl (C=O) groups is 1. The maximum atomic E-state index is 12.7. The van der Waals surface area contributed by atoms with Gasteiger partial charge in [0.05, 0.1) is 28.6 Å². The van der Waals surface area contributed by atoms with Crippen LogP contribution in [0.4, 0.5) is 4.79 Å². The second kappa shape index (κ2) is 12.6. The molecule has 46 heavy (non-hydrogen) atoms. The van der Waals surface area contributed by atoms with Gasteiger partial charge in [0, 0.05) is 43.7 Å². The molecule has 3 aromatic rings. The maximum absolute atomic E-state index is 12.7. The number of hydrogen-bond acceptors (Lipinski definition) is 7. The van der Waals surface area contributed by atoms with Gasteiger partial charge in [-0.15, -0.1) is 0 Å². The zero-order valence-electron chi connectivity index (χ0n) is 29.1. The summed E-state index contributed by atoms with van der Waals surface area (Å²) < 4.78 is 29.2. The second-order valence-corrected chi connectivity index (χ2v) is 15.4. The van der Waals surface area contributed by atoms with Gasteiger partial charge in [-0.1, -0.05) is 0 Å². The minimum Gasteiger partial charge on any atom is -0.444 e. The summed E-state index contributed by atoms with van der Waals surface area (Å²) in [5.74, 6) is 0.215. The number of likely N-dealkylation sites (tertiary alicyclic amines) is 1. The fraction of sp³-hybridized carbons (Fsp3) is 0.686. The number of rotatable bonds is 7. The highest BCUT2D eigenvalue weighted by Crippen LogP contribution is 2.38. The number of aromatic nitrogens is 4. The van der Waals surface area contributed by atoms with Crippen LogP contribution in [0.3, 0.4) is 0 Å². The van der Waals surface area contributed by atoms with E-state index in [1.807, 2.05) is 36.5 Å². The fourth-order valence-corrected chi connectivity index (χ4v) is 6.95. The van der Waals surface area contributed by atoms with E-state index in [0.717, 1.165) is 86.7 Å². The average molecular weight is 634 g/mol. The third kappa shape index (κ3) is 6.73. The molecule has 3 saturated heterocycles. The van der Waals surface area contributed by atoms with Gasteiger partial charge in [-0.25, -0.2) is 9.48 Å². The lowest BCUT2D eigenvalue weighted by molar-refractivity contribution is -0.0366. The largest absolute Gasteiger partial charge is 0.495 e. The van der Waals surface area contributed by atoms with Gasteiger partial charge in [0.15, 0.2) is 6.23 Å². The smallest absolute Gasteiger partial charge is 0.444 e. The zero-order chi connectivity index (χ0) is 32.9. The molecule has 5 heterocycles. The number of fused-ring (bicyclic) bond motifs is 1. The monoisotopic (exact) mass is 633 g/mol. The number of amides is 1. The average Bonchev–Trinajstić information content (AvgIpc) is 3.68. The predicted octanol–water partition coefficient (Wildman–Crippen LogP) is 6.29. The predicted molar refractivity (Wildman–Crippen MR) is 179 cm³/mol. The Balaban J connectivity index is 1.20. The van der Waals surface area contributed by atoms with Gasteiger partial charge in [-0.3, -0.25) is 4.68 Å². The van der Waals surface area contributed by atoms with Crippen LogP contribution in [0, 0.1) is 6.92 Å². The van der Waals surface area contributed by atoms with E-state index in [4.69, 9.17) is 29.0 Å². The molecule has 250 valence electrons. The molecule has 0 N–H and O–H groups in total. The van der Waals surface area contributed by atoms with E-state index in [1.54, 1.807) is 0 Å². The van der Waals surface area contributed by atoms with Crippen molar-refractivity contribution in [3.8, 4) is 0 Å². The first-order valence-electron chi connectivity index (χ1n) is 17.2. The molecule has 6 rings (SSSR count). The van der Waals surface area contributed by atoms with Crippen molar-refractivity contribution in [1.82, 2.24) is 24.5 Å². The number of carbonyl (C=O) groups excluding carboxylic acids is 1. The molecule has 0 aliphatic carbocycles. The second-order valence-electron chi connectivity index (χ2n) is 15.4. The van der Waals surface area contributed by atoms with Gasteiger partial charge < -0.3 is 23.7 Å². The summed E-state index contributed by atoms with van der Waals surface area (Å²) in [5.41, 5.74) is 4.27. The zero-order valence-corrected chi connectivity index (χ0v) is 29.1. The maximum Gasteiger partial charge on any atom is 0.495 e. The van der Waals surface area contributed by atoms with Crippen LogP contribution < -0.4 is 5.46 Å². The minimum absolute atomic E-state index is 0.0444. The number of piperidine rings is 1. The van der Waals surface area contributed by atoms with Crippen molar-refractivity contribution in [3.63, 3.8) is 0 Å². The number of nitrogens with zero attached hydrogens (tertiary/aromatic N) is 5. The topological polar surface area (TPSA) is 92.9 Å². The summed E-state index contributed by atoms with van der Waals surface area (Å²) in [6.07, 6.45) is 10.7. The molecule has 3 aliphatic rings. The summed E-state index contributed by atoms with van der Waals surface area (Å²) in [6, 6.07) is 4.37. The fourth-order valence-electron chi connectivity index (χ4n) is 6.95. The van der Waals surface area contributed by atoms with Crippen molar-refractivity contribution < 1.29 is 23.6 Å². The van der Waals surface area contributed by atoms with Crippen LogP contribution in [0.15, 0.2) is 24.5 Å². The Morgan fingerprint density at radius 1 is 1.11 bits per heavy atom. The Labute approximate surface area is 274 Å². The number of benzene rings is 1. The Morgan fingerprint density at radius 3 is 2.57 bits per heavy atom. The van der Waals surface area contributed by atoms with E-state index in [0.29, 0.717) is 6.54 Å². The quantitative estimate of drug-likeness (QED) is 0.283. The highest BCUT2D eigenvalue weighted by molar-refractivity contribution is 6.65. The SMILES string of the molecule is Cc1cc2c(cnn2C2CCCCO2)c(B2OC(C)(C)C(C)(C)O2)c1CCCn1ccc(C2CCCN(C(=O)OC(C)(C)C)C2)n1. The molecular weight excluding hydrogens is 581 g/mol. The summed E-state index contributed by atoms with van der Waals surface area (Å²) in [7, 11) is -0.483. The van der Waals surface area contributed by atoms with Crippen LogP contribution in [-0.4, -0.2) is 74.2 Å². The van der Waals surface area contributed by atoms with Crippen LogP contribution in [0.25, 0.3) is 10.9 Å². The molecule has 0 bridgehead atoms. The third-order valence-electron chi connectivity index (χ3n) is 10.2. The van der Waals surface area contributed by atoms with Crippen LogP contribution in [0.1, 0.15) is 116 Å². The van der Waals surface area contributed by atoms with Gasteiger partial charge in [-0.2, -0.15) is 10.2 Å². The Morgan fingerprint density at radius 2 is 1.87 bits per heavy atom. The van der Waals surface area contributed by atoms with E-state index in [-0.39, 0.29) is 18.2 Å². The van der Waals surface area contributed by atoms with Gasteiger partial charge in [0.1, 0.15) is 5.60 Å². The normalized spacial score (nSPS) is 23.3. The van der Waals surface area contributed by atoms with Gasteiger partial charge in [-0.05, 0) is 129 Å². The minimum atomic E-state index is -0.499. The summed E-state index contributed by atoms with van der Waals surface area (Å²) in [6.45, 7) is 19.3. The molecule has 2 unspecified atom stereocenters. The highest BCUT2D eigenvalue weighted by Gasteiger charge is 2.53. The van der Waals surface area contributed by atoms with Gasteiger partial charge in [0.25, 0.3) is 0 Å². The van der Waals surface area contributed by atoms with E-state index in [2.05, 4.69) is 57.6 Å². The van der Waals surface area contributed by atoms with Crippen LogP contribution in [0.2, 0.25) is 0 Å². The van der Waals surface area contributed by atoms with E-state index in [9.17, 15) is 4.79 Å². The van der Waals surface area contributed by atoms with Gasteiger partial charge >= 0.3 is 13.2 Å². The Hall–Kier alpha value is -2.89. The summed E-state index contributed by atoms with van der Waals surface area (Å²) in [4.78, 5) is 14.5. The van der Waals surface area contributed by atoms with Crippen molar-refractivity contribution in [2.45, 2.75) is 136 Å². The molecule has 3 fully saturated rings. The molecule has 11 heteroatoms.